The summed E-state index contributed by atoms with van der Waals surface area (Å²) in [4.78, 5) is 78.5. The van der Waals surface area contributed by atoms with Crippen LogP contribution >= 0.6 is 15.9 Å². The van der Waals surface area contributed by atoms with Gasteiger partial charge in [0.15, 0.2) is 68.9 Å². The molecule has 0 spiro atoms. The number of ether oxygens (including phenoxy) is 6. The molecule has 2 saturated carbocycles. The first kappa shape index (κ1) is 103. The highest BCUT2D eigenvalue weighted by Gasteiger charge is 2.29. The molecular weight excluding hydrogens is 1930 g/mol. The van der Waals surface area contributed by atoms with Gasteiger partial charge in [-0.05, 0) is 187 Å². The Morgan fingerprint density at radius 3 is 1.21 bits per heavy atom. The van der Waals surface area contributed by atoms with E-state index < -0.39 is 7.12 Å². The van der Waals surface area contributed by atoms with Crippen molar-refractivity contribution in [2.75, 3.05) is 58.9 Å². The van der Waals surface area contributed by atoms with Crippen LogP contribution in [0.2, 0.25) is 0 Å². The van der Waals surface area contributed by atoms with Crippen LogP contribution in [-0.2, 0) is 45.2 Å². The fraction of sp³-hybridized carbons (Fsp3) is 0.271. The van der Waals surface area contributed by atoms with Gasteiger partial charge in [0.25, 0.3) is 0 Å². The molecule has 1 unspecified atom stereocenters. The van der Waals surface area contributed by atoms with E-state index in [2.05, 4.69) is 101 Å². The summed E-state index contributed by atoms with van der Waals surface area (Å²) in [5, 5.41) is 42.7. The molecule has 6 aliphatic rings. The maximum Gasteiger partial charge on any atom is 0.488 e. The van der Waals surface area contributed by atoms with Gasteiger partial charge in [-0.25, -0.2) is 96.1 Å². The molecule has 3 radical (unpaired) electrons. The largest absolute Gasteiger partial charge is 0.488 e. The number of fused-ring (bicyclic) bond motifs is 6. The van der Waals surface area contributed by atoms with Gasteiger partial charge in [0, 0.05) is 157 Å². The van der Waals surface area contributed by atoms with Crippen LogP contribution in [0.1, 0.15) is 125 Å². The van der Waals surface area contributed by atoms with E-state index in [-0.39, 0.29) is 96.7 Å². The second kappa shape index (κ2) is 49.7. The number of methoxy groups -OCH3 is 2. The Kier molecular flexibility index (Phi) is 35.2. The number of carbonyl (C=O) groups excluding carboxylic acids is 2. The van der Waals surface area contributed by atoms with Gasteiger partial charge >= 0.3 is 7.12 Å². The SMILES string of the molecule is C.CO[C@@H]1CCCN(c2cnc(-c3nn(Cc4ccccc4F)c4ncccc34)nc2)C1.CO[C@@H]1CCCNC1.Fc1ccccc1Cn1nc(-c2ncc(-c3ccc4c(c3)OCO4)cn2)c2cccnc21.Fc1ccccc1Cn1nc(-c2ncc(Br)cn2)c2cccnc21.O=C1CCCCC1.O=C1CCCCC1c1cnc(-c2nn(Cc3ccccc3F)c3ncccc23)nc1.OB(O)c1ccc2c(c1)OCO2.[B]. The minimum Gasteiger partial charge on any atom is -0.454 e. The lowest BCUT2D eigenvalue weighted by Crippen LogP contribution is -2.39. The smallest absolute Gasteiger partial charge is 0.454 e. The number of hydrogen-bond acceptors (Lipinski definition) is 28. The van der Waals surface area contributed by atoms with Crippen molar-refractivity contribution in [2.24, 2.45) is 0 Å². The summed E-state index contributed by atoms with van der Waals surface area (Å²) < 4.78 is 95.5. The molecule has 24 rings (SSSR count). The van der Waals surface area contributed by atoms with Gasteiger partial charge in [-0.15, -0.1) is 0 Å². The molecule has 4 fully saturated rings. The van der Waals surface area contributed by atoms with Crippen LogP contribution in [-0.4, -0.2) is 202 Å². The number of benzene rings is 6. The van der Waals surface area contributed by atoms with Gasteiger partial charge in [-0.1, -0.05) is 105 Å². The number of rotatable bonds is 18. The first-order valence-corrected chi connectivity index (χ1v) is 48.2. The zero-order valence-corrected chi connectivity index (χ0v) is 80.9. The quantitative estimate of drug-likeness (QED) is 0.0530. The predicted molar refractivity (Wildman–Crippen MR) is 550 cm³/mol. The first-order valence-electron chi connectivity index (χ1n) is 47.4. The van der Waals surface area contributed by atoms with Crippen molar-refractivity contribution >= 4 is 98.3 Å². The maximum atomic E-state index is 14.2. The molecule has 32 nitrogen and oxygen atoms in total. The minimum absolute atomic E-state index is 0. The van der Waals surface area contributed by atoms with Gasteiger partial charge in [0.05, 0.1) is 82.5 Å². The molecule has 3 atom stereocenters. The fourth-order valence-electron chi connectivity index (χ4n) is 17.4. The van der Waals surface area contributed by atoms with Crippen molar-refractivity contribution in [2.45, 2.75) is 135 Å². The number of piperidine rings is 2. The molecule has 2 saturated heterocycles. The van der Waals surface area contributed by atoms with Crippen molar-refractivity contribution in [3.63, 3.8) is 0 Å². The van der Waals surface area contributed by atoms with E-state index in [0.717, 1.165) is 132 Å². The normalized spacial score (nSPS) is 15.4. The Balaban J connectivity index is 0.000000128. The van der Waals surface area contributed by atoms with Crippen LogP contribution in [0, 0.1) is 23.3 Å². The number of halogens is 5. The number of pyridine rings is 4. The number of ketones is 2. The van der Waals surface area contributed by atoms with Crippen molar-refractivity contribution in [1.82, 2.24) is 104 Å². The molecule has 16 heterocycles. The topological polar surface area (TPSA) is 371 Å². The van der Waals surface area contributed by atoms with E-state index in [1.807, 2.05) is 85.2 Å². The Morgan fingerprint density at radius 2 is 0.815 bits per heavy atom. The third-order valence-electron chi connectivity index (χ3n) is 25.0. The molecule has 3 N–H and O–H groups in total. The standard InChI is InChI=1S/C24H16FN5O2.C23H23FN6O.C23H20FN5O.C17H11BrFN5.C7H7BO4.C6H13NO.C6H10O.CH4.B/c25-19-6-2-1-4-16(19)13-30-24-18(5-3-9-26-24)22(29-30)23-27-11-17(12-28-23)15-7-8-20-21(10-15)32-14-31-20;1-31-18-7-5-11-29(15-18)17-12-26-22(27-13-17)21-19-8-4-10-25-23(19)30(28-21)14-16-6-2-3-9-20(16)24;24-19-9-3-1-6-15(19)14-29-23-18(8-5-11-25-23)21(28-29)22-26-12-16(13-27-22)17-7-2-4-10-20(17)30;18-12-8-21-16(22-9-12)15-13-5-3-7-20-17(13)24(23-15)10-11-4-1-2-6-14(11)19;9-8(10)5-1-2-6-7(3-5)12-4-11-6;1-8-6-3-2-4-7-5-6;7-6-4-2-1-3-5-6;;/h1-12H,13-14H2;2-4,6,8-10,12-13,18H,5,7,11,14-15H2,1H3;1,3,5-6,8-9,11-13,17H,2,4,7,10,14H2;1-9H,10H2;1-3,9-10H,4H2;6-7H,2-5H2,1H3;1-5H2;1H4;/t;18-;;;;6-;;;/m.1...1.../s1. The van der Waals surface area contributed by atoms with Crippen LogP contribution in [0.3, 0.4) is 0 Å². The van der Waals surface area contributed by atoms with Crippen LogP contribution in [0.4, 0.5) is 23.2 Å². The van der Waals surface area contributed by atoms with E-state index in [4.69, 9.17) is 43.6 Å². The summed E-state index contributed by atoms with van der Waals surface area (Å²) in [5.41, 5.74) is 11.3. The van der Waals surface area contributed by atoms with Gasteiger partial charge < -0.3 is 48.7 Å². The number of nitrogens with zero attached hydrogens (tertiary/aromatic N) is 21. The number of Topliss-reactive ketones (excluding diaryl/α,β-unsaturated/α-hetero) is 2. The molecule has 12 aromatic heterocycles. The fourth-order valence-corrected chi connectivity index (χ4v) is 17.6. The highest BCUT2D eigenvalue weighted by atomic mass is 79.9. The lowest BCUT2D eigenvalue weighted by atomic mass is 9.80. The summed E-state index contributed by atoms with van der Waals surface area (Å²) in [6.45, 7) is 5.52. The van der Waals surface area contributed by atoms with E-state index >= 15 is 0 Å². The Bertz CT molecular complexity index is 7460. The summed E-state index contributed by atoms with van der Waals surface area (Å²) in [7, 11) is 2.07. The summed E-state index contributed by atoms with van der Waals surface area (Å²) in [5.74, 6) is 4.12. The third kappa shape index (κ3) is 25.3. The highest BCUT2D eigenvalue weighted by molar-refractivity contribution is 9.10. The van der Waals surface area contributed by atoms with Crippen LogP contribution in [0.5, 0.6) is 23.0 Å². The van der Waals surface area contributed by atoms with E-state index in [1.165, 1.54) is 50.1 Å². The van der Waals surface area contributed by atoms with E-state index in [1.54, 1.807) is 180 Å². The third-order valence-corrected chi connectivity index (χ3v) is 25.4. The van der Waals surface area contributed by atoms with Crippen molar-refractivity contribution in [3.05, 3.63) is 312 Å². The van der Waals surface area contributed by atoms with Crippen molar-refractivity contribution in [1.29, 1.82) is 0 Å². The van der Waals surface area contributed by atoms with Gasteiger partial charge in [-0.3, -0.25) is 9.59 Å². The lowest BCUT2D eigenvalue weighted by Gasteiger charge is -2.33. The lowest BCUT2D eigenvalue weighted by molar-refractivity contribution is -0.122. The molecule has 0 amide bonds. The van der Waals surface area contributed by atoms with Crippen molar-refractivity contribution < 1.29 is 65.6 Å². The first-order chi connectivity index (χ1) is 70.5. The Labute approximate surface area is 849 Å². The van der Waals surface area contributed by atoms with Gasteiger partial charge in [0.2, 0.25) is 13.6 Å². The number of anilines is 1. The molecule has 743 valence electrons. The number of hydrogen-bond donors (Lipinski definition) is 3. The molecule has 18 aromatic rings. The number of nitrogens with one attached hydrogen (secondary N) is 1. The zero-order chi connectivity index (χ0) is 99.2. The second-order valence-electron chi connectivity index (χ2n) is 34.6. The monoisotopic (exact) mass is 2030 g/mol. The molecule has 4 aliphatic heterocycles. The highest BCUT2D eigenvalue weighted by Crippen LogP contribution is 2.39. The average molecular weight is 2040 g/mol. The maximum absolute atomic E-state index is 14.2. The summed E-state index contributed by atoms with van der Waals surface area (Å²) in [6, 6.07) is 52.1. The molecule has 2 aliphatic carbocycles. The number of carbonyl (C=O) groups is 2. The van der Waals surface area contributed by atoms with Crippen LogP contribution in [0.15, 0.2) is 261 Å². The van der Waals surface area contributed by atoms with Gasteiger partial charge in [-0.2, -0.15) is 20.4 Å². The molecule has 39 heteroatoms. The minimum atomic E-state index is -1.46. The van der Waals surface area contributed by atoms with E-state index in [0.29, 0.717) is 132 Å². The van der Waals surface area contributed by atoms with Crippen LogP contribution < -0.4 is 34.6 Å². The molecule has 0 bridgehead atoms. The molecule has 146 heavy (non-hydrogen) atoms. The number of aromatic nitrogens is 20. The average Bonchev–Trinajstić information content (AvgIpc) is 1.64. The summed E-state index contributed by atoms with van der Waals surface area (Å²) >= 11 is 3.32. The predicted octanol–water partition coefficient (Wildman–Crippen LogP) is 17.6. The van der Waals surface area contributed by atoms with Crippen molar-refractivity contribution in [3.8, 4) is 80.2 Å². The van der Waals surface area contributed by atoms with Crippen LogP contribution in [0.25, 0.3) is 101 Å². The second-order valence-corrected chi connectivity index (χ2v) is 35.5. The van der Waals surface area contributed by atoms with E-state index in [9.17, 15) is 27.2 Å². The molecule has 6 aromatic carbocycles. The Hall–Kier alpha value is -15.4. The Morgan fingerprint density at radius 1 is 0.418 bits per heavy atom. The van der Waals surface area contributed by atoms with Gasteiger partial charge in [0.1, 0.15) is 57.6 Å². The summed E-state index contributed by atoms with van der Waals surface area (Å²) in [6.07, 6.45) is 34.8. The molecular formula is C107H104B2BrF4N22O10. The zero-order valence-electron chi connectivity index (χ0n) is 79.3.